The van der Waals surface area contributed by atoms with Crippen LogP contribution in [0.25, 0.3) is 0 Å². The molecule has 0 saturated heterocycles. The van der Waals surface area contributed by atoms with Crippen LogP contribution in [-0.4, -0.2) is 29.0 Å². The van der Waals surface area contributed by atoms with Gasteiger partial charge < -0.3 is 15.4 Å². The Morgan fingerprint density at radius 2 is 1.86 bits per heavy atom. The van der Waals surface area contributed by atoms with Gasteiger partial charge in [-0.05, 0) is 23.8 Å². The Hall–Kier alpha value is -3.45. The molecule has 0 fully saturated rings. The van der Waals surface area contributed by atoms with Crippen molar-refractivity contribution in [2.75, 3.05) is 12.4 Å². The van der Waals surface area contributed by atoms with Crippen molar-refractivity contribution in [1.29, 1.82) is 0 Å². The molecule has 0 aliphatic rings. The van der Waals surface area contributed by atoms with E-state index in [1.165, 1.54) is 19.5 Å². The Morgan fingerprint density at radius 3 is 2.61 bits per heavy atom. The van der Waals surface area contributed by atoms with Crippen molar-refractivity contribution < 1.29 is 14.3 Å². The number of amides is 1. The average Bonchev–Trinajstić information content (AvgIpc) is 2.74. The number of carbonyl (C=O) groups is 2. The lowest BCUT2D eigenvalue weighted by Crippen LogP contribution is -2.24. The second-order valence-electron chi connectivity index (χ2n) is 5.77. The summed E-state index contributed by atoms with van der Waals surface area (Å²) < 4.78 is 4.71. The van der Waals surface area contributed by atoms with Crippen LogP contribution < -0.4 is 10.6 Å². The average molecular weight is 397 g/mol. The van der Waals surface area contributed by atoms with Crippen molar-refractivity contribution in [3.63, 3.8) is 0 Å². The maximum Gasteiger partial charge on any atom is 0.337 e. The van der Waals surface area contributed by atoms with Crippen LogP contribution in [0.4, 0.5) is 11.5 Å². The Morgan fingerprint density at radius 1 is 1.07 bits per heavy atom. The fourth-order valence-corrected chi connectivity index (χ4v) is 2.59. The third-order valence-corrected chi connectivity index (χ3v) is 4.18. The molecular formula is C20H17ClN4O3. The van der Waals surface area contributed by atoms with Gasteiger partial charge in [-0.3, -0.25) is 4.79 Å². The van der Waals surface area contributed by atoms with Crippen LogP contribution in [-0.2, 0) is 11.3 Å². The van der Waals surface area contributed by atoms with Crippen molar-refractivity contribution in [3.05, 3.63) is 82.8 Å². The van der Waals surface area contributed by atoms with Crippen LogP contribution in [0.5, 0.6) is 0 Å². The topological polar surface area (TPSA) is 93.2 Å². The quantitative estimate of drug-likeness (QED) is 0.618. The first kappa shape index (κ1) is 19.3. The smallest absolute Gasteiger partial charge is 0.337 e. The number of hydrogen-bond acceptors (Lipinski definition) is 6. The van der Waals surface area contributed by atoms with Crippen LogP contribution in [0, 0.1) is 0 Å². The van der Waals surface area contributed by atoms with E-state index in [-0.39, 0.29) is 11.6 Å². The molecule has 0 atom stereocenters. The van der Waals surface area contributed by atoms with Gasteiger partial charge in [0.2, 0.25) is 0 Å². The molecule has 1 amide bonds. The molecule has 28 heavy (non-hydrogen) atoms. The maximum absolute atomic E-state index is 12.4. The van der Waals surface area contributed by atoms with Crippen LogP contribution >= 0.6 is 11.6 Å². The van der Waals surface area contributed by atoms with Gasteiger partial charge in [-0.25, -0.2) is 14.8 Å². The number of halogens is 1. The summed E-state index contributed by atoms with van der Waals surface area (Å²) in [5, 5.41) is 6.19. The summed E-state index contributed by atoms with van der Waals surface area (Å²) in [6.07, 6.45) is 1.28. The van der Waals surface area contributed by atoms with E-state index in [9.17, 15) is 9.59 Å². The first-order valence-electron chi connectivity index (χ1n) is 8.36. The minimum absolute atomic E-state index is 0.202. The van der Waals surface area contributed by atoms with E-state index in [4.69, 9.17) is 16.3 Å². The Bertz CT molecular complexity index is 996. The standard InChI is InChI=1S/C20H17ClN4O3/c1-28-20(27)14-7-8-15(21)16(9-14)25-18-10-17(23-12-24-18)19(26)22-11-13-5-3-2-4-6-13/h2-10,12H,11H2,1H3,(H,22,26)(H,23,24,25). The summed E-state index contributed by atoms with van der Waals surface area (Å²) >= 11 is 6.18. The summed E-state index contributed by atoms with van der Waals surface area (Å²) in [5.74, 6) is -0.448. The predicted octanol–water partition coefficient (Wildman–Crippen LogP) is 3.59. The number of benzene rings is 2. The van der Waals surface area contributed by atoms with Crippen LogP contribution in [0.2, 0.25) is 5.02 Å². The normalized spacial score (nSPS) is 10.2. The number of methoxy groups -OCH3 is 1. The first-order valence-corrected chi connectivity index (χ1v) is 8.73. The second-order valence-corrected chi connectivity index (χ2v) is 6.18. The van der Waals surface area contributed by atoms with Gasteiger partial charge in [-0.2, -0.15) is 0 Å². The third kappa shape index (κ3) is 4.83. The molecule has 8 heteroatoms. The van der Waals surface area contributed by atoms with Crippen molar-refractivity contribution in [2.45, 2.75) is 6.54 Å². The summed E-state index contributed by atoms with van der Waals surface area (Å²) in [6, 6.07) is 15.7. The highest BCUT2D eigenvalue weighted by Gasteiger charge is 2.12. The van der Waals surface area contributed by atoms with E-state index < -0.39 is 5.97 Å². The molecule has 0 saturated carbocycles. The molecule has 7 nitrogen and oxygen atoms in total. The highest BCUT2D eigenvalue weighted by molar-refractivity contribution is 6.33. The van der Waals surface area contributed by atoms with E-state index in [1.807, 2.05) is 30.3 Å². The molecule has 3 aromatic rings. The Balaban J connectivity index is 1.73. The zero-order chi connectivity index (χ0) is 19.9. The highest BCUT2D eigenvalue weighted by atomic mass is 35.5. The van der Waals surface area contributed by atoms with E-state index in [0.29, 0.717) is 28.6 Å². The number of nitrogens with zero attached hydrogens (tertiary/aromatic N) is 2. The van der Waals surface area contributed by atoms with Crippen LogP contribution in [0.15, 0.2) is 60.9 Å². The number of ether oxygens (including phenoxy) is 1. The van der Waals surface area contributed by atoms with Gasteiger partial charge in [0.15, 0.2) is 0 Å². The molecule has 2 N–H and O–H groups in total. The molecule has 0 aliphatic heterocycles. The van der Waals surface area contributed by atoms with Gasteiger partial charge in [-0.15, -0.1) is 0 Å². The van der Waals surface area contributed by atoms with Gasteiger partial charge in [-0.1, -0.05) is 41.9 Å². The lowest BCUT2D eigenvalue weighted by atomic mass is 10.2. The lowest BCUT2D eigenvalue weighted by molar-refractivity contribution is 0.0600. The van der Waals surface area contributed by atoms with E-state index >= 15 is 0 Å². The predicted molar refractivity (Wildman–Crippen MR) is 106 cm³/mol. The molecule has 0 radical (unpaired) electrons. The van der Waals surface area contributed by atoms with Crippen LogP contribution in [0.1, 0.15) is 26.4 Å². The molecule has 3 rings (SSSR count). The van der Waals surface area contributed by atoms with Crippen molar-refractivity contribution in [2.24, 2.45) is 0 Å². The summed E-state index contributed by atoms with van der Waals surface area (Å²) in [6.45, 7) is 0.388. The number of carbonyl (C=O) groups excluding carboxylic acids is 2. The molecular weight excluding hydrogens is 380 g/mol. The molecule has 0 spiro atoms. The fourth-order valence-electron chi connectivity index (χ4n) is 2.42. The number of esters is 1. The minimum atomic E-state index is -0.483. The number of rotatable bonds is 6. The zero-order valence-corrected chi connectivity index (χ0v) is 15.7. The van der Waals surface area contributed by atoms with Crippen molar-refractivity contribution in [3.8, 4) is 0 Å². The molecule has 1 heterocycles. The zero-order valence-electron chi connectivity index (χ0n) is 15.0. The number of aromatic nitrogens is 2. The molecule has 0 unspecified atom stereocenters. The summed E-state index contributed by atoms with van der Waals surface area (Å²) in [5.41, 5.74) is 1.98. The molecule has 0 bridgehead atoms. The van der Waals surface area contributed by atoms with Crippen LogP contribution in [0.3, 0.4) is 0 Å². The third-order valence-electron chi connectivity index (χ3n) is 3.85. The molecule has 1 aromatic heterocycles. The Kier molecular flexibility index (Phi) is 6.18. The molecule has 142 valence electrons. The van der Waals surface area contributed by atoms with Gasteiger partial charge in [0.05, 0.1) is 23.4 Å². The first-order chi connectivity index (χ1) is 13.6. The number of hydrogen-bond donors (Lipinski definition) is 2. The largest absolute Gasteiger partial charge is 0.465 e. The summed E-state index contributed by atoms with van der Waals surface area (Å²) in [4.78, 5) is 32.1. The van der Waals surface area contributed by atoms with Crippen molar-refractivity contribution >= 4 is 35.0 Å². The SMILES string of the molecule is COC(=O)c1ccc(Cl)c(Nc2cc(C(=O)NCc3ccccc3)ncn2)c1. The minimum Gasteiger partial charge on any atom is -0.465 e. The maximum atomic E-state index is 12.4. The van der Waals surface area contributed by atoms with Crippen molar-refractivity contribution in [1.82, 2.24) is 15.3 Å². The van der Waals surface area contributed by atoms with E-state index in [1.54, 1.807) is 18.2 Å². The van der Waals surface area contributed by atoms with Gasteiger partial charge in [0.1, 0.15) is 17.8 Å². The Labute approximate surface area is 166 Å². The molecule has 0 aliphatic carbocycles. The lowest BCUT2D eigenvalue weighted by Gasteiger charge is -2.10. The van der Waals surface area contributed by atoms with E-state index in [0.717, 1.165) is 5.56 Å². The van der Waals surface area contributed by atoms with Gasteiger partial charge in [0, 0.05) is 12.6 Å². The van der Waals surface area contributed by atoms with E-state index in [2.05, 4.69) is 20.6 Å². The number of nitrogens with one attached hydrogen (secondary N) is 2. The highest BCUT2D eigenvalue weighted by Crippen LogP contribution is 2.26. The number of anilines is 2. The van der Waals surface area contributed by atoms with Gasteiger partial charge in [0.25, 0.3) is 5.91 Å². The van der Waals surface area contributed by atoms with Gasteiger partial charge >= 0.3 is 5.97 Å². The second kappa shape index (κ2) is 8.96. The molecule has 2 aromatic carbocycles. The fraction of sp³-hybridized carbons (Fsp3) is 0.100. The summed E-state index contributed by atoms with van der Waals surface area (Å²) in [7, 11) is 1.30. The monoisotopic (exact) mass is 396 g/mol.